The van der Waals surface area contributed by atoms with Gasteiger partial charge in [0.25, 0.3) is 0 Å². The lowest BCUT2D eigenvalue weighted by molar-refractivity contribution is -0.914. The van der Waals surface area contributed by atoms with E-state index in [0.717, 1.165) is 41.4 Å². The first-order valence-corrected chi connectivity index (χ1v) is 11.1. The van der Waals surface area contributed by atoms with Gasteiger partial charge in [-0.25, -0.2) is 0 Å². The predicted octanol–water partition coefficient (Wildman–Crippen LogP) is 4.09. The summed E-state index contributed by atoms with van der Waals surface area (Å²) in [4.78, 5) is 14.2. The van der Waals surface area contributed by atoms with E-state index < -0.39 is 0 Å². The molecule has 0 bridgehead atoms. The summed E-state index contributed by atoms with van der Waals surface area (Å²) >= 11 is 3.45. The summed E-state index contributed by atoms with van der Waals surface area (Å²) in [5.41, 5.74) is 1.76. The standard InChI is InChI=1S/C24H24BrNO4/c1-3-9-26(10-4-2)14-19-20(27)7-6-18-23(28)22(30-24(18)19)13-17-12-15-11-16(25)5-8-21(15)29-17/h5-8,11-13,27H,3-4,9-10,14H2,1-2H3. The Labute approximate surface area is 184 Å². The molecule has 2 heterocycles. The lowest BCUT2D eigenvalue weighted by Crippen LogP contribution is -3.10. The van der Waals surface area contributed by atoms with Crippen molar-refractivity contribution in [2.45, 2.75) is 33.2 Å². The Morgan fingerprint density at radius 3 is 2.60 bits per heavy atom. The van der Waals surface area contributed by atoms with Gasteiger partial charge >= 0.3 is 0 Å². The van der Waals surface area contributed by atoms with Crippen molar-refractivity contribution < 1.29 is 24.0 Å². The van der Waals surface area contributed by atoms with Gasteiger partial charge in [-0.3, -0.25) is 4.79 Å². The van der Waals surface area contributed by atoms with E-state index in [-0.39, 0.29) is 17.3 Å². The molecule has 5 nitrogen and oxygen atoms in total. The summed E-state index contributed by atoms with van der Waals surface area (Å²) < 4.78 is 12.7. The third kappa shape index (κ3) is 4.02. The van der Waals surface area contributed by atoms with Gasteiger partial charge < -0.3 is 19.2 Å². The molecule has 6 heteroatoms. The number of fused-ring (bicyclic) bond motifs is 2. The normalized spacial score (nSPS) is 14.7. The number of carbonyl (C=O) groups excluding carboxylic acids is 1. The van der Waals surface area contributed by atoms with Gasteiger partial charge in [0.05, 0.1) is 18.7 Å². The monoisotopic (exact) mass is 469 g/mol. The summed E-state index contributed by atoms with van der Waals surface area (Å²) in [6.07, 6.45) is 3.67. The topological polar surface area (TPSA) is 66.9 Å². The van der Waals surface area contributed by atoms with Crippen LogP contribution in [0.2, 0.25) is 0 Å². The molecule has 0 amide bonds. The number of benzene rings is 2. The minimum Gasteiger partial charge on any atom is -0.872 e. The van der Waals surface area contributed by atoms with E-state index in [4.69, 9.17) is 9.15 Å². The van der Waals surface area contributed by atoms with E-state index in [1.54, 1.807) is 12.1 Å². The second-order valence-electron chi connectivity index (χ2n) is 7.62. The van der Waals surface area contributed by atoms with Crippen LogP contribution < -0.4 is 14.7 Å². The molecule has 30 heavy (non-hydrogen) atoms. The van der Waals surface area contributed by atoms with Crippen LogP contribution in [0.5, 0.6) is 11.5 Å². The number of carbonyl (C=O) groups is 1. The molecular formula is C24H24BrNO4. The fraction of sp³-hybridized carbons (Fsp3) is 0.292. The number of hydrogen-bond acceptors (Lipinski definition) is 4. The molecule has 0 spiro atoms. The van der Waals surface area contributed by atoms with E-state index in [2.05, 4.69) is 29.8 Å². The van der Waals surface area contributed by atoms with Crippen molar-refractivity contribution in [2.24, 2.45) is 0 Å². The Balaban J connectivity index is 1.66. The van der Waals surface area contributed by atoms with Gasteiger partial charge in [0.2, 0.25) is 5.78 Å². The minimum atomic E-state index is -0.222. The molecule has 0 radical (unpaired) electrons. The number of allylic oxidation sites excluding steroid dienone is 1. The van der Waals surface area contributed by atoms with E-state index in [9.17, 15) is 9.90 Å². The fourth-order valence-electron chi connectivity index (χ4n) is 3.95. The molecular weight excluding hydrogens is 446 g/mol. The molecule has 0 aliphatic carbocycles. The SMILES string of the molecule is CCC[NH+](CCC)Cc1c([O-])ccc2c1OC(=Cc1cc3cc(Br)ccc3o1)C2=O. The van der Waals surface area contributed by atoms with Crippen LogP contribution >= 0.6 is 15.9 Å². The van der Waals surface area contributed by atoms with Crippen molar-refractivity contribution in [1.29, 1.82) is 0 Å². The zero-order valence-electron chi connectivity index (χ0n) is 17.1. The van der Waals surface area contributed by atoms with E-state index in [1.807, 2.05) is 24.3 Å². The van der Waals surface area contributed by atoms with Crippen LogP contribution in [0.1, 0.15) is 48.4 Å². The Kier molecular flexibility index (Phi) is 5.97. The van der Waals surface area contributed by atoms with Crippen LogP contribution in [-0.2, 0) is 6.54 Å². The van der Waals surface area contributed by atoms with Gasteiger partial charge in [-0.15, -0.1) is 0 Å². The molecule has 0 atom stereocenters. The molecule has 1 aliphatic rings. The van der Waals surface area contributed by atoms with Gasteiger partial charge in [0.1, 0.15) is 23.6 Å². The van der Waals surface area contributed by atoms with Crippen LogP contribution in [0.15, 0.2) is 51.0 Å². The number of quaternary nitrogens is 1. The number of ether oxygens (including phenoxy) is 1. The van der Waals surface area contributed by atoms with Gasteiger partial charge in [-0.2, -0.15) is 0 Å². The first-order chi connectivity index (χ1) is 14.5. The molecule has 0 saturated carbocycles. The van der Waals surface area contributed by atoms with Crippen molar-refractivity contribution in [3.63, 3.8) is 0 Å². The van der Waals surface area contributed by atoms with Crippen LogP contribution in [0.25, 0.3) is 17.0 Å². The van der Waals surface area contributed by atoms with Crippen molar-refractivity contribution in [3.8, 4) is 11.5 Å². The summed E-state index contributed by atoms with van der Waals surface area (Å²) in [6.45, 7) is 6.78. The lowest BCUT2D eigenvalue weighted by atomic mass is 10.0. The molecule has 1 aliphatic heterocycles. The number of rotatable bonds is 7. The van der Waals surface area contributed by atoms with E-state index in [1.165, 1.54) is 11.0 Å². The summed E-state index contributed by atoms with van der Waals surface area (Å²) in [6, 6.07) is 10.6. The fourth-order valence-corrected chi connectivity index (χ4v) is 4.33. The number of furan rings is 1. The molecule has 1 aromatic heterocycles. The quantitative estimate of drug-likeness (QED) is 0.529. The third-order valence-electron chi connectivity index (χ3n) is 5.30. The van der Waals surface area contributed by atoms with Crippen molar-refractivity contribution in [3.05, 3.63) is 63.5 Å². The summed E-state index contributed by atoms with van der Waals surface area (Å²) in [7, 11) is 0. The summed E-state index contributed by atoms with van der Waals surface area (Å²) in [5, 5.41) is 13.5. The average Bonchev–Trinajstić information content (AvgIpc) is 3.25. The van der Waals surface area contributed by atoms with E-state index in [0.29, 0.717) is 29.2 Å². The first-order valence-electron chi connectivity index (χ1n) is 10.3. The number of nitrogens with one attached hydrogen (secondary N) is 1. The molecule has 2 aromatic carbocycles. The Bertz CT molecular complexity index is 1130. The minimum absolute atomic E-state index is 0.0823. The zero-order valence-corrected chi connectivity index (χ0v) is 18.7. The van der Waals surface area contributed by atoms with E-state index >= 15 is 0 Å². The maximum absolute atomic E-state index is 12.9. The highest BCUT2D eigenvalue weighted by molar-refractivity contribution is 9.10. The molecule has 0 saturated heterocycles. The Morgan fingerprint density at radius 1 is 1.10 bits per heavy atom. The molecule has 1 N–H and O–H groups in total. The van der Waals surface area contributed by atoms with Crippen LogP contribution in [-0.4, -0.2) is 18.9 Å². The van der Waals surface area contributed by atoms with Gasteiger partial charge in [-0.1, -0.05) is 41.6 Å². The predicted molar refractivity (Wildman–Crippen MR) is 118 cm³/mol. The maximum Gasteiger partial charge on any atom is 0.232 e. The lowest BCUT2D eigenvalue weighted by Gasteiger charge is -2.23. The smallest absolute Gasteiger partial charge is 0.232 e. The van der Waals surface area contributed by atoms with Gasteiger partial charge in [-0.05, 0) is 43.2 Å². The van der Waals surface area contributed by atoms with Crippen molar-refractivity contribution in [2.75, 3.05) is 13.1 Å². The van der Waals surface area contributed by atoms with Crippen molar-refractivity contribution >= 4 is 38.8 Å². The third-order valence-corrected chi connectivity index (χ3v) is 5.80. The number of Topliss-reactive ketones (excluding diaryl/α,β-unsaturated/α-hetero) is 1. The molecule has 3 aromatic rings. The average molecular weight is 470 g/mol. The number of halogens is 1. The molecule has 4 rings (SSSR count). The second-order valence-corrected chi connectivity index (χ2v) is 8.53. The van der Waals surface area contributed by atoms with Crippen LogP contribution in [0.3, 0.4) is 0 Å². The molecule has 0 unspecified atom stereocenters. The highest BCUT2D eigenvalue weighted by Gasteiger charge is 2.31. The van der Waals surface area contributed by atoms with Crippen LogP contribution in [0, 0.1) is 0 Å². The number of ketones is 1. The maximum atomic E-state index is 12.9. The highest BCUT2D eigenvalue weighted by atomic mass is 79.9. The Morgan fingerprint density at radius 2 is 1.87 bits per heavy atom. The summed E-state index contributed by atoms with van der Waals surface area (Å²) in [5.74, 6) is 0.818. The Hall–Kier alpha value is -2.57. The van der Waals surface area contributed by atoms with Crippen molar-refractivity contribution in [1.82, 2.24) is 0 Å². The van der Waals surface area contributed by atoms with Crippen LogP contribution in [0.4, 0.5) is 0 Å². The molecule has 156 valence electrons. The van der Waals surface area contributed by atoms with Gasteiger partial charge in [0.15, 0.2) is 5.76 Å². The van der Waals surface area contributed by atoms with Gasteiger partial charge in [0, 0.05) is 21.5 Å². The first kappa shape index (κ1) is 20.7. The highest BCUT2D eigenvalue weighted by Crippen LogP contribution is 2.38. The number of hydrogen-bond donors (Lipinski definition) is 1. The zero-order chi connectivity index (χ0) is 21.3. The largest absolute Gasteiger partial charge is 0.872 e. The molecule has 0 fully saturated rings. The second kappa shape index (κ2) is 8.66.